The van der Waals surface area contributed by atoms with E-state index in [1.165, 1.54) is 27.5 Å². The van der Waals surface area contributed by atoms with Crippen LogP contribution in [0.15, 0.2) is 30.3 Å². The summed E-state index contributed by atoms with van der Waals surface area (Å²) < 4.78 is 0. The standard InChI is InChI=1S/C20H23NO/c1-3-20(9-10-20)19(22)21-16-11-15-6-4-5-14-8-7-13(2)17(12-16)18(14)15/h4-8,16H,3,9-12H2,1-2H3,(H,21,22). The predicted octanol–water partition coefficient (Wildman–Crippen LogP) is 3.92. The van der Waals surface area contributed by atoms with Crippen molar-refractivity contribution in [3.05, 3.63) is 47.0 Å². The van der Waals surface area contributed by atoms with Crippen molar-refractivity contribution in [1.82, 2.24) is 5.32 Å². The van der Waals surface area contributed by atoms with Crippen LogP contribution in [0.3, 0.4) is 0 Å². The van der Waals surface area contributed by atoms with Gasteiger partial charge in [0.15, 0.2) is 0 Å². The van der Waals surface area contributed by atoms with Gasteiger partial charge in [0.2, 0.25) is 5.91 Å². The number of nitrogens with one attached hydrogen (secondary N) is 1. The quantitative estimate of drug-likeness (QED) is 0.913. The molecule has 0 aliphatic heterocycles. The van der Waals surface area contributed by atoms with E-state index in [2.05, 4.69) is 49.5 Å². The Morgan fingerprint density at radius 3 is 2.77 bits per heavy atom. The minimum atomic E-state index is -0.0436. The summed E-state index contributed by atoms with van der Waals surface area (Å²) in [6.45, 7) is 4.32. The van der Waals surface area contributed by atoms with Gasteiger partial charge in [0.25, 0.3) is 0 Å². The molecule has 1 atom stereocenters. The Hall–Kier alpha value is -1.83. The van der Waals surface area contributed by atoms with Gasteiger partial charge < -0.3 is 5.32 Å². The Morgan fingerprint density at radius 2 is 2.05 bits per heavy atom. The zero-order chi connectivity index (χ0) is 15.3. The maximum atomic E-state index is 12.6. The van der Waals surface area contributed by atoms with Crippen molar-refractivity contribution in [2.75, 3.05) is 0 Å². The Kier molecular flexibility index (Phi) is 3.04. The van der Waals surface area contributed by atoms with Gasteiger partial charge in [-0.2, -0.15) is 0 Å². The van der Waals surface area contributed by atoms with Crippen LogP contribution in [0.2, 0.25) is 0 Å². The number of carbonyl (C=O) groups is 1. The average molecular weight is 293 g/mol. The second-order valence-electron chi connectivity index (χ2n) is 7.09. The van der Waals surface area contributed by atoms with Gasteiger partial charge in [-0.25, -0.2) is 0 Å². The Bertz CT molecular complexity index is 758. The first kappa shape index (κ1) is 13.8. The van der Waals surface area contributed by atoms with E-state index in [1.54, 1.807) is 0 Å². The van der Waals surface area contributed by atoms with E-state index in [4.69, 9.17) is 0 Å². The molecule has 0 aromatic heterocycles. The summed E-state index contributed by atoms with van der Waals surface area (Å²) in [4.78, 5) is 12.6. The lowest BCUT2D eigenvalue weighted by Gasteiger charge is -2.28. The third-order valence-corrected chi connectivity index (χ3v) is 5.74. The highest BCUT2D eigenvalue weighted by atomic mass is 16.2. The lowest BCUT2D eigenvalue weighted by molar-refractivity contribution is -0.127. The highest BCUT2D eigenvalue weighted by Crippen LogP contribution is 2.49. The highest BCUT2D eigenvalue weighted by molar-refractivity contribution is 5.91. The SMILES string of the molecule is CCC1(C(=O)NC2Cc3cccc4ccc(C)c(c34)C2)CC1. The number of rotatable bonds is 3. The highest BCUT2D eigenvalue weighted by Gasteiger charge is 2.48. The third-order valence-electron chi connectivity index (χ3n) is 5.74. The molecule has 0 radical (unpaired) electrons. The third kappa shape index (κ3) is 2.05. The summed E-state index contributed by atoms with van der Waals surface area (Å²) in [5.41, 5.74) is 4.11. The van der Waals surface area contributed by atoms with Crippen LogP contribution in [0, 0.1) is 12.3 Å². The smallest absolute Gasteiger partial charge is 0.226 e. The van der Waals surface area contributed by atoms with Crippen molar-refractivity contribution in [2.45, 2.75) is 52.0 Å². The molecule has 2 aromatic rings. The van der Waals surface area contributed by atoms with Crippen molar-refractivity contribution in [1.29, 1.82) is 0 Å². The molecule has 2 nitrogen and oxygen atoms in total. The van der Waals surface area contributed by atoms with E-state index in [0.29, 0.717) is 0 Å². The van der Waals surface area contributed by atoms with Gasteiger partial charge in [0, 0.05) is 11.5 Å². The van der Waals surface area contributed by atoms with E-state index in [1.807, 2.05) is 0 Å². The number of hydrogen-bond acceptors (Lipinski definition) is 1. The molecule has 4 rings (SSSR count). The molecule has 2 heteroatoms. The molecule has 0 spiro atoms. The number of benzene rings is 2. The number of hydrogen-bond donors (Lipinski definition) is 1. The monoisotopic (exact) mass is 293 g/mol. The zero-order valence-electron chi connectivity index (χ0n) is 13.4. The van der Waals surface area contributed by atoms with E-state index in [9.17, 15) is 4.79 Å². The van der Waals surface area contributed by atoms with Gasteiger partial charge in [-0.1, -0.05) is 37.3 Å². The van der Waals surface area contributed by atoms with Crippen LogP contribution in [0.4, 0.5) is 0 Å². The molecule has 2 aliphatic carbocycles. The van der Waals surface area contributed by atoms with Crippen LogP contribution in [-0.4, -0.2) is 11.9 Å². The van der Waals surface area contributed by atoms with Crippen LogP contribution < -0.4 is 5.32 Å². The van der Waals surface area contributed by atoms with Crippen molar-refractivity contribution >= 4 is 16.7 Å². The van der Waals surface area contributed by atoms with Crippen molar-refractivity contribution in [2.24, 2.45) is 5.41 Å². The normalized spacial score (nSPS) is 21.6. The van der Waals surface area contributed by atoms with E-state index >= 15 is 0 Å². The fraction of sp³-hybridized carbons (Fsp3) is 0.450. The summed E-state index contributed by atoms with van der Waals surface area (Å²) in [7, 11) is 0. The Labute approximate surface area is 131 Å². The van der Waals surface area contributed by atoms with Gasteiger partial charge in [0.05, 0.1) is 0 Å². The van der Waals surface area contributed by atoms with E-state index in [-0.39, 0.29) is 17.4 Å². The van der Waals surface area contributed by atoms with Gasteiger partial charge in [-0.05, 0) is 66.5 Å². The van der Waals surface area contributed by atoms with E-state index in [0.717, 1.165) is 32.1 Å². The fourth-order valence-electron chi connectivity index (χ4n) is 3.99. The zero-order valence-corrected chi connectivity index (χ0v) is 13.4. The Balaban J connectivity index is 1.65. The molecule has 22 heavy (non-hydrogen) atoms. The molecule has 0 bridgehead atoms. The number of amides is 1. The topological polar surface area (TPSA) is 29.1 Å². The molecule has 1 unspecified atom stereocenters. The second kappa shape index (κ2) is 4.84. The van der Waals surface area contributed by atoms with Crippen molar-refractivity contribution in [3.8, 4) is 0 Å². The number of aryl methyl sites for hydroxylation is 1. The molecular formula is C20H23NO. The number of carbonyl (C=O) groups excluding carboxylic acids is 1. The second-order valence-corrected chi connectivity index (χ2v) is 7.09. The lowest BCUT2D eigenvalue weighted by Crippen LogP contribution is -2.43. The minimum Gasteiger partial charge on any atom is -0.352 e. The fourth-order valence-corrected chi connectivity index (χ4v) is 3.99. The summed E-state index contributed by atoms with van der Waals surface area (Å²) in [5, 5.41) is 6.09. The first-order chi connectivity index (χ1) is 10.6. The van der Waals surface area contributed by atoms with Crippen LogP contribution in [0.1, 0.15) is 42.9 Å². The average Bonchev–Trinajstić information content (AvgIpc) is 3.32. The molecule has 0 saturated heterocycles. The minimum absolute atomic E-state index is 0.0436. The molecule has 0 heterocycles. The maximum absolute atomic E-state index is 12.6. The van der Waals surface area contributed by atoms with E-state index < -0.39 is 0 Å². The maximum Gasteiger partial charge on any atom is 0.226 e. The molecule has 2 aliphatic rings. The van der Waals surface area contributed by atoms with Gasteiger partial charge in [-0.15, -0.1) is 0 Å². The molecule has 2 aromatic carbocycles. The first-order valence-corrected chi connectivity index (χ1v) is 8.44. The molecule has 114 valence electrons. The van der Waals surface area contributed by atoms with Crippen molar-refractivity contribution in [3.63, 3.8) is 0 Å². The van der Waals surface area contributed by atoms with Crippen molar-refractivity contribution < 1.29 is 4.79 Å². The van der Waals surface area contributed by atoms with Gasteiger partial charge in [0.1, 0.15) is 0 Å². The van der Waals surface area contributed by atoms with Crippen LogP contribution in [0.25, 0.3) is 10.8 Å². The van der Waals surface area contributed by atoms with Crippen LogP contribution in [0.5, 0.6) is 0 Å². The summed E-state index contributed by atoms with van der Waals surface area (Å²) in [5.74, 6) is 0.282. The summed E-state index contributed by atoms with van der Waals surface area (Å²) >= 11 is 0. The largest absolute Gasteiger partial charge is 0.352 e. The molecule has 1 amide bonds. The lowest BCUT2D eigenvalue weighted by atomic mass is 9.83. The first-order valence-electron chi connectivity index (χ1n) is 8.44. The van der Waals surface area contributed by atoms with Gasteiger partial charge in [-0.3, -0.25) is 4.79 Å². The summed E-state index contributed by atoms with van der Waals surface area (Å²) in [6.07, 6.45) is 5.02. The summed E-state index contributed by atoms with van der Waals surface area (Å²) in [6, 6.07) is 11.2. The predicted molar refractivity (Wildman–Crippen MR) is 90.0 cm³/mol. The molecule has 1 fully saturated rings. The van der Waals surface area contributed by atoms with Gasteiger partial charge >= 0.3 is 0 Å². The molecule has 1 N–H and O–H groups in total. The molecular weight excluding hydrogens is 270 g/mol. The molecule has 1 saturated carbocycles. The van der Waals surface area contributed by atoms with Crippen LogP contribution >= 0.6 is 0 Å². The van der Waals surface area contributed by atoms with Crippen LogP contribution in [-0.2, 0) is 17.6 Å². The Morgan fingerprint density at radius 1 is 1.23 bits per heavy atom.